The molecule has 0 bridgehead atoms. The van der Waals surface area contributed by atoms with Gasteiger partial charge in [-0.3, -0.25) is 4.98 Å². The van der Waals surface area contributed by atoms with Gasteiger partial charge in [-0.25, -0.2) is 0 Å². The molecule has 18 heavy (non-hydrogen) atoms. The van der Waals surface area contributed by atoms with Crippen LogP contribution >= 0.6 is 23.2 Å². The van der Waals surface area contributed by atoms with Crippen LogP contribution < -0.4 is 0 Å². The van der Waals surface area contributed by atoms with E-state index < -0.39 is 6.10 Å². The minimum Gasteiger partial charge on any atom is -0.388 e. The number of nitrogens with zero attached hydrogens (tertiary/aromatic N) is 1. The second-order valence-corrected chi connectivity index (χ2v) is 5.00. The lowest BCUT2D eigenvalue weighted by atomic mass is 9.91. The Kier molecular flexibility index (Phi) is 4.23. The van der Waals surface area contributed by atoms with E-state index in [9.17, 15) is 5.11 Å². The SMILES string of the molecule is CC(c1ccncc1)C(O)c1ccc(Cl)c(Cl)c1. The Morgan fingerprint density at radius 3 is 2.28 bits per heavy atom. The lowest BCUT2D eigenvalue weighted by Gasteiger charge is -2.19. The Hall–Kier alpha value is -1.09. The number of aliphatic hydroxyl groups is 1. The highest BCUT2D eigenvalue weighted by molar-refractivity contribution is 6.42. The number of aromatic nitrogens is 1. The zero-order valence-corrected chi connectivity index (χ0v) is 11.4. The third-order valence-corrected chi connectivity index (χ3v) is 3.73. The van der Waals surface area contributed by atoms with Crippen molar-refractivity contribution in [3.8, 4) is 0 Å². The van der Waals surface area contributed by atoms with E-state index in [1.807, 2.05) is 19.1 Å². The molecule has 0 radical (unpaired) electrons. The number of benzene rings is 1. The van der Waals surface area contributed by atoms with Crippen molar-refractivity contribution in [1.29, 1.82) is 0 Å². The highest BCUT2D eigenvalue weighted by Crippen LogP contribution is 2.33. The first-order valence-electron chi connectivity index (χ1n) is 5.62. The van der Waals surface area contributed by atoms with Crippen molar-refractivity contribution >= 4 is 23.2 Å². The van der Waals surface area contributed by atoms with Gasteiger partial charge in [0.1, 0.15) is 0 Å². The lowest BCUT2D eigenvalue weighted by molar-refractivity contribution is 0.151. The van der Waals surface area contributed by atoms with Crippen LogP contribution in [0.4, 0.5) is 0 Å². The smallest absolute Gasteiger partial charge is 0.0856 e. The van der Waals surface area contributed by atoms with Gasteiger partial charge in [0.2, 0.25) is 0 Å². The molecule has 1 heterocycles. The standard InChI is InChI=1S/C14H13Cl2NO/c1-9(10-4-6-17-7-5-10)14(18)11-2-3-12(15)13(16)8-11/h2-9,14,18H,1H3. The zero-order valence-electron chi connectivity index (χ0n) is 9.85. The van der Waals surface area contributed by atoms with Gasteiger partial charge in [0, 0.05) is 18.3 Å². The minimum absolute atomic E-state index is 0.0368. The van der Waals surface area contributed by atoms with Crippen LogP contribution in [0.5, 0.6) is 0 Å². The quantitative estimate of drug-likeness (QED) is 0.914. The van der Waals surface area contributed by atoms with E-state index in [-0.39, 0.29) is 5.92 Å². The summed E-state index contributed by atoms with van der Waals surface area (Å²) < 4.78 is 0. The first-order chi connectivity index (χ1) is 8.59. The summed E-state index contributed by atoms with van der Waals surface area (Å²) in [6.45, 7) is 1.96. The predicted octanol–water partition coefficient (Wildman–Crippen LogP) is 4.23. The van der Waals surface area contributed by atoms with Gasteiger partial charge in [0.25, 0.3) is 0 Å². The normalized spacial score (nSPS) is 14.2. The summed E-state index contributed by atoms with van der Waals surface area (Å²) in [6.07, 6.45) is 2.81. The third kappa shape index (κ3) is 2.83. The molecule has 0 saturated carbocycles. The molecular weight excluding hydrogens is 269 g/mol. The highest BCUT2D eigenvalue weighted by atomic mass is 35.5. The lowest BCUT2D eigenvalue weighted by Crippen LogP contribution is -2.07. The molecule has 2 nitrogen and oxygen atoms in total. The van der Waals surface area contributed by atoms with Crippen LogP contribution in [0.1, 0.15) is 30.1 Å². The summed E-state index contributed by atoms with van der Waals surface area (Å²) in [4.78, 5) is 3.97. The van der Waals surface area contributed by atoms with Crippen LogP contribution in [0.25, 0.3) is 0 Å². The molecule has 0 aliphatic heterocycles. The van der Waals surface area contributed by atoms with Gasteiger partial charge in [0.05, 0.1) is 16.1 Å². The fourth-order valence-corrected chi connectivity index (χ4v) is 2.14. The zero-order chi connectivity index (χ0) is 13.1. The number of rotatable bonds is 3. The third-order valence-electron chi connectivity index (χ3n) is 2.99. The van der Waals surface area contributed by atoms with Crippen molar-refractivity contribution < 1.29 is 5.11 Å². The Labute approximate surface area is 116 Å². The van der Waals surface area contributed by atoms with Crippen LogP contribution in [0, 0.1) is 0 Å². The summed E-state index contributed by atoms with van der Waals surface area (Å²) in [5.41, 5.74) is 1.79. The average molecular weight is 282 g/mol. The fourth-order valence-electron chi connectivity index (χ4n) is 1.83. The molecule has 94 valence electrons. The van der Waals surface area contributed by atoms with E-state index in [0.29, 0.717) is 10.0 Å². The minimum atomic E-state index is -0.623. The first-order valence-corrected chi connectivity index (χ1v) is 6.38. The van der Waals surface area contributed by atoms with Gasteiger partial charge in [-0.15, -0.1) is 0 Å². The molecule has 4 heteroatoms. The summed E-state index contributed by atoms with van der Waals surface area (Å²) in [7, 11) is 0. The van der Waals surface area contributed by atoms with Crippen LogP contribution in [0.15, 0.2) is 42.7 Å². The number of aliphatic hydroxyl groups excluding tert-OH is 1. The van der Waals surface area contributed by atoms with Gasteiger partial charge in [-0.05, 0) is 35.4 Å². The maximum atomic E-state index is 10.3. The maximum absolute atomic E-state index is 10.3. The molecule has 0 fully saturated rings. The molecule has 0 aliphatic rings. The van der Waals surface area contributed by atoms with Gasteiger partial charge >= 0.3 is 0 Å². The molecule has 1 N–H and O–H groups in total. The van der Waals surface area contributed by atoms with Crippen molar-refractivity contribution in [1.82, 2.24) is 4.98 Å². The van der Waals surface area contributed by atoms with E-state index in [4.69, 9.17) is 23.2 Å². The Morgan fingerprint density at radius 1 is 1.00 bits per heavy atom. The van der Waals surface area contributed by atoms with Crippen molar-refractivity contribution in [2.24, 2.45) is 0 Å². The molecule has 0 aliphatic carbocycles. The van der Waals surface area contributed by atoms with Crippen LogP contribution in [0.3, 0.4) is 0 Å². The molecule has 0 saturated heterocycles. The number of halogens is 2. The summed E-state index contributed by atoms with van der Waals surface area (Å²) in [5, 5.41) is 11.3. The molecule has 2 rings (SSSR count). The molecular formula is C14H13Cl2NO. The largest absolute Gasteiger partial charge is 0.388 e. The van der Waals surface area contributed by atoms with Crippen molar-refractivity contribution in [2.75, 3.05) is 0 Å². The first kappa shape index (κ1) is 13.3. The van der Waals surface area contributed by atoms with E-state index in [0.717, 1.165) is 11.1 Å². The Balaban J connectivity index is 2.25. The second kappa shape index (κ2) is 5.70. The average Bonchev–Trinajstić information content (AvgIpc) is 2.41. The molecule has 0 amide bonds. The Bertz CT molecular complexity index is 531. The summed E-state index contributed by atoms with van der Waals surface area (Å²) in [5.74, 6) is -0.0368. The Morgan fingerprint density at radius 2 is 1.67 bits per heavy atom. The monoisotopic (exact) mass is 281 g/mol. The van der Waals surface area contributed by atoms with Crippen LogP contribution in [-0.2, 0) is 0 Å². The predicted molar refractivity (Wildman–Crippen MR) is 74.1 cm³/mol. The van der Waals surface area contributed by atoms with Crippen molar-refractivity contribution in [3.63, 3.8) is 0 Å². The molecule has 2 atom stereocenters. The van der Waals surface area contributed by atoms with Crippen LogP contribution in [-0.4, -0.2) is 10.1 Å². The number of hydrogen-bond donors (Lipinski definition) is 1. The summed E-state index contributed by atoms with van der Waals surface area (Å²) >= 11 is 11.8. The van der Waals surface area contributed by atoms with Crippen molar-refractivity contribution in [3.05, 3.63) is 63.9 Å². The van der Waals surface area contributed by atoms with Crippen LogP contribution in [0.2, 0.25) is 10.0 Å². The topological polar surface area (TPSA) is 33.1 Å². The highest BCUT2D eigenvalue weighted by Gasteiger charge is 2.18. The van der Waals surface area contributed by atoms with Gasteiger partial charge in [-0.1, -0.05) is 36.2 Å². The fraction of sp³-hybridized carbons (Fsp3) is 0.214. The van der Waals surface area contributed by atoms with E-state index in [1.165, 1.54) is 0 Å². The van der Waals surface area contributed by atoms with E-state index in [1.54, 1.807) is 30.6 Å². The molecule has 1 aromatic heterocycles. The molecule has 1 aromatic carbocycles. The number of hydrogen-bond acceptors (Lipinski definition) is 2. The van der Waals surface area contributed by atoms with Gasteiger partial charge in [-0.2, -0.15) is 0 Å². The maximum Gasteiger partial charge on any atom is 0.0856 e. The van der Waals surface area contributed by atoms with Gasteiger partial charge in [0.15, 0.2) is 0 Å². The second-order valence-electron chi connectivity index (χ2n) is 4.19. The molecule has 0 spiro atoms. The van der Waals surface area contributed by atoms with E-state index >= 15 is 0 Å². The summed E-state index contributed by atoms with van der Waals surface area (Å²) in [6, 6.07) is 8.97. The van der Waals surface area contributed by atoms with Gasteiger partial charge < -0.3 is 5.11 Å². The van der Waals surface area contributed by atoms with E-state index in [2.05, 4.69) is 4.98 Å². The molecule has 2 aromatic rings. The van der Waals surface area contributed by atoms with Crippen molar-refractivity contribution in [2.45, 2.75) is 18.9 Å². The number of pyridine rings is 1. The molecule has 2 unspecified atom stereocenters.